The minimum absolute atomic E-state index is 0.290. The Morgan fingerprint density at radius 2 is 1.87 bits per heavy atom. The molecule has 1 N–H and O–H groups in total. The fourth-order valence-corrected chi connectivity index (χ4v) is 4.18. The summed E-state index contributed by atoms with van der Waals surface area (Å²) in [6.45, 7) is 4.56. The molecule has 128 valence electrons. The van der Waals surface area contributed by atoms with Crippen LogP contribution in [-0.4, -0.2) is 57.1 Å². The molecule has 23 heavy (non-hydrogen) atoms. The van der Waals surface area contributed by atoms with Crippen LogP contribution in [0.15, 0.2) is 18.3 Å². The van der Waals surface area contributed by atoms with E-state index in [2.05, 4.69) is 14.6 Å². The molecule has 0 unspecified atom stereocenters. The first-order valence-corrected chi connectivity index (χ1v) is 9.61. The lowest BCUT2D eigenvalue weighted by atomic mass is 10.2. The fourth-order valence-electron chi connectivity index (χ4n) is 2.91. The number of ether oxygens (including phenoxy) is 1. The van der Waals surface area contributed by atoms with E-state index in [1.807, 2.05) is 12.1 Å². The third-order valence-corrected chi connectivity index (χ3v) is 5.81. The summed E-state index contributed by atoms with van der Waals surface area (Å²) < 4.78 is 34.2. The van der Waals surface area contributed by atoms with Crippen LogP contribution in [0.1, 0.15) is 24.8 Å². The molecule has 8 heteroatoms. The number of anilines is 1. The van der Waals surface area contributed by atoms with Gasteiger partial charge in [0.2, 0.25) is 0 Å². The van der Waals surface area contributed by atoms with Gasteiger partial charge < -0.3 is 9.64 Å². The van der Waals surface area contributed by atoms with Gasteiger partial charge in [0, 0.05) is 38.9 Å². The van der Waals surface area contributed by atoms with Crippen molar-refractivity contribution in [3.63, 3.8) is 0 Å². The zero-order chi connectivity index (χ0) is 16.1. The summed E-state index contributed by atoms with van der Waals surface area (Å²) in [5.41, 5.74) is 0.919. The molecule has 1 aromatic rings. The summed E-state index contributed by atoms with van der Waals surface area (Å²) in [6.07, 6.45) is 4.73. The normalized spacial score (nSPS) is 20.6. The molecule has 2 saturated heterocycles. The number of pyridine rings is 1. The fraction of sp³-hybridized carbons (Fsp3) is 0.667. The first kappa shape index (κ1) is 16.6. The molecule has 0 aromatic carbocycles. The van der Waals surface area contributed by atoms with Gasteiger partial charge in [0.25, 0.3) is 10.2 Å². The highest BCUT2D eigenvalue weighted by atomic mass is 32.2. The third kappa shape index (κ3) is 4.41. The van der Waals surface area contributed by atoms with Crippen molar-refractivity contribution < 1.29 is 13.2 Å². The molecular weight excluding hydrogens is 316 g/mol. The number of hydrogen-bond donors (Lipinski definition) is 1. The van der Waals surface area contributed by atoms with Gasteiger partial charge >= 0.3 is 0 Å². The zero-order valence-electron chi connectivity index (χ0n) is 13.3. The molecule has 2 aliphatic heterocycles. The van der Waals surface area contributed by atoms with Gasteiger partial charge in [-0.25, -0.2) is 4.98 Å². The van der Waals surface area contributed by atoms with Crippen molar-refractivity contribution in [1.29, 1.82) is 0 Å². The first-order chi connectivity index (χ1) is 11.1. The topological polar surface area (TPSA) is 74.8 Å². The SMILES string of the molecule is O=S(=O)(NCc1ccnc(N2CCOCC2)c1)N1CCCCC1. The third-order valence-electron chi connectivity index (χ3n) is 4.26. The molecule has 0 saturated carbocycles. The molecule has 0 radical (unpaired) electrons. The zero-order valence-corrected chi connectivity index (χ0v) is 14.1. The number of morpholine rings is 1. The monoisotopic (exact) mass is 340 g/mol. The van der Waals surface area contributed by atoms with Crippen molar-refractivity contribution in [2.75, 3.05) is 44.3 Å². The number of nitrogens with zero attached hydrogens (tertiary/aromatic N) is 3. The van der Waals surface area contributed by atoms with Crippen molar-refractivity contribution in [1.82, 2.24) is 14.0 Å². The van der Waals surface area contributed by atoms with Gasteiger partial charge in [-0.3, -0.25) is 0 Å². The lowest BCUT2D eigenvalue weighted by Gasteiger charge is -2.28. The number of nitrogens with one attached hydrogen (secondary N) is 1. The number of rotatable bonds is 5. The van der Waals surface area contributed by atoms with E-state index in [-0.39, 0.29) is 0 Å². The lowest BCUT2D eigenvalue weighted by molar-refractivity contribution is 0.122. The second-order valence-corrected chi connectivity index (χ2v) is 7.66. The van der Waals surface area contributed by atoms with Gasteiger partial charge in [-0.15, -0.1) is 0 Å². The van der Waals surface area contributed by atoms with Gasteiger partial charge in [-0.2, -0.15) is 17.4 Å². The predicted octanol–water partition coefficient (Wildman–Crippen LogP) is 0.738. The Labute approximate surface area is 137 Å². The van der Waals surface area contributed by atoms with Gasteiger partial charge in [-0.1, -0.05) is 6.42 Å². The van der Waals surface area contributed by atoms with E-state index < -0.39 is 10.2 Å². The second-order valence-electron chi connectivity index (χ2n) is 5.91. The van der Waals surface area contributed by atoms with Crippen LogP contribution in [0.5, 0.6) is 0 Å². The number of piperidine rings is 1. The van der Waals surface area contributed by atoms with E-state index in [9.17, 15) is 8.42 Å². The first-order valence-electron chi connectivity index (χ1n) is 8.17. The van der Waals surface area contributed by atoms with Crippen LogP contribution in [0.2, 0.25) is 0 Å². The molecule has 2 aliphatic rings. The van der Waals surface area contributed by atoms with Crippen LogP contribution >= 0.6 is 0 Å². The molecule has 2 fully saturated rings. The molecular formula is C15H24N4O3S. The Hall–Kier alpha value is -1.22. The van der Waals surface area contributed by atoms with Crippen molar-refractivity contribution in [3.05, 3.63) is 23.9 Å². The maximum Gasteiger partial charge on any atom is 0.279 e. The smallest absolute Gasteiger partial charge is 0.279 e. The highest BCUT2D eigenvalue weighted by Gasteiger charge is 2.23. The van der Waals surface area contributed by atoms with E-state index in [0.29, 0.717) is 32.8 Å². The van der Waals surface area contributed by atoms with Crippen LogP contribution in [0.25, 0.3) is 0 Å². The average molecular weight is 340 g/mol. The van der Waals surface area contributed by atoms with Crippen LogP contribution in [0, 0.1) is 0 Å². The van der Waals surface area contributed by atoms with E-state index in [1.165, 1.54) is 0 Å². The van der Waals surface area contributed by atoms with E-state index in [4.69, 9.17) is 4.74 Å². The summed E-state index contributed by atoms with van der Waals surface area (Å²) >= 11 is 0. The minimum atomic E-state index is -3.39. The van der Waals surface area contributed by atoms with Crippen molar-refractivity contribution in [2.45, 2.75) is 25.8 Å². The van der Waals surface area contributed by atoms with Crippen LogP contribution in [-0.2, 0) is 21.5 Å². The number of aromatic nitrogens is 1. The van der Waals surface area contributed by atoms with Gasteiger partial charge in [-0.05, 0) is 30.5 Å². The van der Waals surface area contributed by atoms with E-state index in [0.717, 1.165) is 43.7 Å². The van der Waals surface area contributed by atoms with Crippen LogP contribution < -0.4 is 9.62 Å². The Morgan fingerprint density at radius 3 is 2.61 bits per heavy atom. The minimum Gasteiger partial charge on any atom is -0.378 e. The maximum atomic E-state index is 12.3. The quantitative estimate of drug-likeness (QED) is 0.856. The summed E-state index contributed by atoms with van der Waals surface area (Å²) in [7, 11) is -3.39. The summed E-state index contributed by atoms with van der Waals surface area (Å²) in [4.78, 5) is 6.54. The van der Waals surface area contributed by atoms with Crippen molar-refractivity contribution in [2.24, 2.45) is 0 Å². The molecule has 3 rings (SSSR count). The molecule has 0 spiro atoms. The Balaban J connectivity index is 1.61. The highest BCUT2D eigenvalue weighted by molar-refractivity contribution is 7.87. The average Bonchev–Trinajstić information content (AvgIpc) is 2.62. The van der Waals surface area contributed by atoms with Crippen LogP contribution in [0.4, 0.5) is 5.82 Å². The molecule has 0 aliphatic carbocycles. The van der Waals surface area contributed by atoms with Crippen molar-refractivity contribution >= 4 is 16.0 Å². The predicted molar refractivity (Wildman–Crippen MR) is 88.5 cm³/mol. The van der Waals surface area contributed by atoms with Crippen molar-refractivity contribution in [3.8, 4) is 0 Å². The maximum absolute atomic E-state index is 12.3. The summed E-state index contributed by atoms with van der Waals surface area (Å²) in [5, 5.41) is 0. The largest absolute Gasteiger partial charge is 0.378 e. The van der Waals surface area contributed by atoms with Gasteiger partial charge in [0.15, 0.2) is 0 Å². The Morgan fingerprint density at radius 1 is 1.13 bits per heavy atom. The lowest BCUT2D eigenvalue weighted by Crippen LogP contribution is -2.43. The molecule has 3 heterocycles. The molecule has 1 aromatic heterocycles. The molecule has 0 amide bonds. The highest BCUT2D eigenvalue weighted by Crippen LogP contribution is 2.15. The molecule has 0 bridgehead atoms. The molecule has 7 nitrogen and oxygen atoms in total. The molecule has 0 atom stereocenters. The number of hydrogen-bond acceptors (Lipinski definition) is 5. The van der Waals surface area contributed by atoms with Gasteiger partial charge in [0.05, 0.1) is 13.2 Å². The Kier molecular flexibility index (Phi) is 5.47. The van der Waals surface area contributed by atoms with Gasteiger partial charge in [0.1, 0.15) is 5.82 Å². The summed E-state index contributed by atoms with van der Waals surface area (Å²) in [5.74, 6) is 0.878. The second kappa shape index (κ2) is 7.57. The standard InChI is InChI=1S/C15H24N4O3S/c20-23(21,19-6-2-1-3-7-19)17-13-14-4-5-16-15(12-14)18-8-10-22-11-9-18/h4-5,12,17H,1-3,6-11,13H2. The van der Waals surface area contributed by atoms with E-state index in [1.54, 1.807) is 10.5 Å². The van der Waals surface area contributed by atoms with Crippen LogP contribution in [0.3, 0.4) is 0 Å². The summed E-state index contributed by atoms with van der Waals surface area (Å²) in [6, 6.07) is 3.80. The Bertz CT molecular complexity index is 611. The van der Waals surface area contributed by atoms with E-state index >= 15 is 0 Å².